The second-order valence-corrected chi connectivity index (χ2v) is 6.23. The van der Waals surface area contributed by atoms with Crippen molar-refractivity contribution in [2.24, 2.45) is 5.92 Å². The van der Waals surface area contributed by atoms with Gasteiger partial charge in [-0.1, -0.05) is 6.92 Å². The van der Waals surface area contributed by atoms with E-state index in [9.17, 15) is 13.2 Å². The molecule has 2 nitrogen and oxygen atoms in total. The summed E-state index contributed by atoms with van der Waals surface area (Å²) in [6.07, 6.45) is -2.35. The number of alkyl halides is 4. The molecule has 0 N–H and O–H groups in total. The van der Waals surface area contributed by atoms with Crippen molar-refractivity contribution < 1.29 is 13.2 Å². The highest BCUT2D eigenvalue weighted by Gasteiger charge is 2.37. The van der Waals surface area contributed by atoms with Crippen molar-refractivity contribution >= 4 is 33.3 Å². The molecule has 1 aliphatic rings. The molecular formula is C12H13BrClF3N2. The SMILES string of the molecule is CC1CN(c2ncc(Br)cc2C(F)(F)F)CCC1Cl. The zero-order valence-electron chi connectivity index (χ0n) is 10.2. The summed E-state index contributed by atoms with van der Waals surface area (Å²) in [5.41, 5.74) is -0.706. The molecule has 19 heavy (non-hydrogen) atoms. The molecule has 0 bridgehead atoms. The Morgan fingerprint density at radius 1 is 1.47 bits per heavy atom. The fraction of sp³-hybridized carbons (Fsp3) is 0.583. The van der Waals surface area contributed by atoms with Gasteiger partial charge in [0.05, 0.1) is 5.56 Å². The monoisotopic (exact) mass is 356 g/mol. The molecule has 0 amide bonds. The highest BCUT2D eigenvalue weighted by molar-refractivity contribution is 9.10. The zero-order valence-corrected chi connectivity index (χ0v) is 12.6. The van der Waals surface area contributed by atoms with Gasteiger partial charge in [0.25, 0.3) is 0 Å². The second kappa shape index (κ2) is 5.48. The number of nitrogens with zero attached hydrogens (tertiary/aromatic N) is 2. The smallest absolute Gasteiger partial charge is 0.356 e. The topological polar surface area (TPSA) is 16.1 Å². The molecular weight excluding hydrogens is 344 g/mol. The average Bonchev–Trinajstić information content (AvgIpc) is 2.32. The van der Waals surface area contributed by atoms with E-state index in [0.717, 1.165) is 6.07 Å². The van der Waals surface area contributed by atoms with Crippen LogP contribution in [0, 0.1) is 5.92 Å². The lowest BCUT2D eigenvalue weighted by Crippen LogP contribution is -2.41. The van der Waals surface area contributed by atoms with E-state index in [0.29, 0.717) is 24.0 Å². The largest absolute Gasteiger partial charge is 0.419 e. The van der Waals surface area contributed by atoms with Gasteiger partial charge in [0, 0.05) is 29.1 Å². The first-order valence-corrected chi connectivity index (χ1v) is 7.13. The van der Waals surface area contributed by atoms with Crippen molar-refractivity contribution in [1.29, 1.82) is 0 Å². The summed E-state index contributed by atoms with van der Waals surface area (Å²) in [6.45, 7) is 2.93. The van der Waals surface area contributed by atoms with E-state index >= 15 is 0 Å². The minimum Gasteiger partial charge on any atom is -0.356 e. The van der Waals surface area contributed by atoms with E-state index in [1.807, 2.05) is 6.92 Å². The molecule has 7 heteroatoms. The van der Waals surface area contributed by atoms with Gasteiger partial charge in [-0.3, -0.25) is 0 Å². The predicted octanol–water partition coefficient (Wildman–Crippen LogP) is 4.32. The Labute approximate surface area is 123 Å². The second-order valence-electron chi connectivity index (χ2n) is 4.75. The molecule has 1 saturated heterocycles. The molecule has 2 unspecified atom stereocenters. The lowest BCUT2D eigenvalue weighted by molar-refractivity contribution is -0.137. The Morgan fingerprint density at radius 3 is 2.74 bits per heavy atom. The minimum atomic E-state index is -4.41. The van der Waals surface area contributed by atoms with Crippen molar-refractivity contribution in [2.45, 2.75) is 24.9 Å². The maximum Gasteiger partial charge on any atom is 0.419 e. The maximum absolute atomic E-state index is 13.0. The first-order valence-electron chi connectivity index (χ1n) is 5.91. The molecule has 0 radical (unpaired) electrons. The van der Waals surface area contributed by atoms with Gasteiger partial charge in [-0.15, -0.1) is 11.6 Å². The molecule has 2 heterocycles. The molecule has 1 aromatic rings. The minimum absolute atomic E-state index is 0.00823. The number of halogens is 5. The third-order valence-electron chi connectivity index (χ3n) is 3.24. The van der Waals surface area contributed by atoms with E-state index in [1.54, 1.807) is 4.90 Å². The lowest BCUT2D eigenvalue weighted by Gasteiger charge is -2.36. The van der Waals surface area contributed by atoms with Crippen molar-refractivity contribution in [2.75, 3.05) is 18.0 Å². The molecule has 2 atom stereocenters. The predicted molar refractivity (Wildman–Crippen MR) is 72.6 cm³/mol. The quantitative estimate of drug-likeness (QED) is 0.696. The summed E-state index contributed by atoms with van der Waals surface area (Å²) in [6, 6.07) is 1.07. The highest BCUT2D eigenvalue weighted by Crippen LogP contribution is 2.38. The van der Waals surface area contributed by atoms with Crippen molar-refractivity contribution in [1.82, 2.24) is 4.98 Å². The first-order chi connectivity index (χ1) is 8.79. The number of rotatable bonds is 1. The Kier molecular flexibility index (Phi) is 4.30. The van der Waals surface area contributed by atoms with Crippen LogP contribution in [0.3, 0.4) is 0 Å². The van der Waals surface area contributed by atoms with Gasteiger partial charge in [0.15, 0.2) is 0 Å². The van der Waals surface area contributed by atoms with Crippen LogP contribution >= 0.6 is 27.5 Å². The van der Waals surface area contributed by atoms with Crippen LogP contribution in [-0.2, 0) is 6.18 Å². The van der Waals surface area contributed by atoms with Crippen LogP contribution < -0.4 is 4.90 Å². The van der Waals surface area contributed by atoms with Crippen LogP contribution in [0.5, 0.6) is 0 Å². The van der Waals surface area contributed by atoms with Crippen LogP contribution in [0.25, 0.3) is 0 Å². The molecule has 1 aliphatic heterocycles. The Morgan fingerprint density at radius 2 is 2.16 bits per heavy atom. The van der Waals surface area contributed by atoms with E-state index in [-0.39, 0.29) is 17.1 Å². The third kappa shape index (κ3) is 3.34. The summed E-state index contributed by atoms with van der Waals surface area (Å²) in [5.74, 6) is 0.132. The fourth-order valence-electron chi connectivity index (χ4n) is 2.20. The van der Waals surface area contributed by atoms with Crippen LogP contribution in [0.15, 0.2) is 16.7 Å². The molecule has 0 aliphatic carbocycles. The number of aromatic nitrogens is 1. The number of pyridine rings is 1. The molecule has 2 rings (SSSR count). The van der Waals surface area contributed by atoms with E-state index in [1.165, 1.54) is 6.20 Å². The molecule has 1 aromatic heterocycles. The number of hydrogen-bond donors (Lipinski definition) is 0. The van der Waals surface area contributed by atoms with Crippen molar-refractivity contribution in [3.63, 3.8) is 0 Å². The number of hydrogen-bond acceptors (Lipinski definition) is 2. The van der Waals surface area contributed by atoms with Crippen LogP contribution in [0.4, 0.5) is 19.0 Å². The number of anilines is 1. The average molecular weight is 358 g/mol. The van der Waals surface area contributed by atoms with Gasteiger partial charge in [-0.25, -0.2) is 4.98 Å². The van der Waals surface area contributed by atoms with E-state index < -0.39 is 11.7 Å². The molecule has 0 aromatic carbocycles. The Balaban J connectivity index is 2.34. The zero-order chi connectivity index (χ0) is 14.2. The molecule has 0 spiro atoms. The van der Waals surface area contributed by atoms with Gasteiger partial charge < -0.3 is 4.90 Å². The highest BCUT2D eigenvalue weighted by atomic mass is 79.9. The van der Waals surface area contributed by atoms with Crippen molar-refractivity contribution in [3.8, 4) is 0 Å². The van der Waals surface area contributed by atoms with E-state index in [4.69, 9.17) is 11.6 Å². The third-order valence-corrected chi connectivity index (χ3v) is 4.32. The summed E-state index contributed by atoms with van der Waals surface area (Å²) < 4.78 is 39.5. The van der Waals surface area contributed by atoms with Crippen LogP contribution in [-0.4, -0.2) is 23.5 Å². The first kappa shape index (κ1) is 14.9. The standard InChI is InChI=1S/C12H13BrClF3N2/c1-7-6-19(3-2-10(7)14)11-9(12(15,16)17)4-8(13)5-18-11/h4-5,7,10H,2-3,6H2,1H3. The summed E-state index contributed by atoms with van der Waals surface area (Å²) in [7, 11) is 0. The summed E-state index contributed by atoms with van der Waals surface area (Å²) in [5, 5.41) is 0.0148. The van der Waals surface area contributed by atoms with Gasteiger partial charge in [-0.2, -0.15) is 13.2 Å². The van der Waals surface area contributed by atoms with Gasteiger partial charge in [0.1, 0.15) is 5.82 Å². The summed E-state index contributed by atoms with van der Waals surface area (Å²) >= 11 is 9.13. The summed E-state index contributed by atoms with van der Waals surface area (Å²) in [4.78, 5) is 5.61. The Bertz CT molecular complexity index is 467. The maximum atomic E-state index is 13.0. The Hall–Kier alpha value is -0.490. The molecule has 106 valence electrons. The van der Waals surface area contributed by atoms with Crippen LogP contribution in [0.2, 0.25) is 0 Å². The molecule has 1 fully saturated rings. The lowest BCUT2D eigenvalue weighted by atomic mass is 9.99. The molecule has 0 saturated carbocycles. The number of piperidine rings is 1. The van der Waals surface area contributed by atoms with Gasteiger partial charge in [0.2, 0.25) is 0 Å². The van der Waals surface area contributed by atoms with Gasteiger partial charge >= 0.3 is 6.18 Å². The van der Waals surface area contributed by atoms with Crippen LogP contribution in [0.1, 0.15) is 18.9 Å². The van der Waals surface area contributed by atoms with E-state index in [2.05, 4.69) is 20.9 Å². The fourth-order valence-corrected chi connectivity index (χ4v) is 2.71. The van der Waals surface area contributed by atoms with Crippen molar-refractivity contribution in [3.05, 3.63) is 22.3 Å². The van der Waals surface area contributed by atoms with Gasteiger partial charge in [-0.05, 0) is 34.3 Å². The normalized spacial score (nSPS) is 24.6.